The number of carbonyl (C=O) groups excluding carboxylic acids is 1. The molecule has 1 aromatic carbocycles. The molecule has 0 unspecified atom stereocenters. The van der Waals surface area contributed by atoms with Crippen LogP contribution in [0.4, 0.5) is 0 Å². The number of hydrogen-bond donors (Lipinski definition) is 0. The first-order valence-corrected chi connectivity index (χ1v) is 9.01. The number of aryl methyl sites for hydroxylation is 1. The largest absolute Gasteiger partial charge is 0.330 e. The van der Waals surface area contributed by atoms with Crippen LogP contribution in [0.15, 0.2) is 45.7 Å². The lowest BCUT2D eigenvalue weighted by Crippen LogP contribution is -2.35. The molecule has 1 heterocycles. The molecular formula is C18H20BrN3O2. The number of aromatic nitrogens is 2. The molecule has 1 fully saturated rings. The average Bonchev–Trinajstić information content (AvgIpc) is 3.39. The summed E-state index contributed by atoms with van der Waals surface area (Å²) in [5.74, 6) is -0.109. The van der Waals surface area contributed by atoms with Crippen LogP contribution in [0.2, 0.25) is 0 Å². The van der Waals surface area contributed by atoms with E-state index in [4.69, 9.17) is 0 Å². The fourth-order valence-corrected chi connectivity index (χ4v) is 3.11. The van der Waals surface area contributed by atoms with Crippen molar-refractivity contribution in [1.29, 1.82) is 0 Å². The molecule has 1 aliphatic carbocycles. The predicted molar refractivity (Wildman–Crippen MR) is 95.8 cm³/mol. The molecule has 5 nitrogen and oxygen atoms in total. The zero-order valence-electron chi connectivity index (χ0n) is 13.6. The quantitative estimate of drug-likeness (QED) is 0.761. The number of hydrogen-bond acceptors (Lipinski definition) is 3. The maximum atomic E-state index is 12.9. The monoisotopic (exact) mass is 389 g/mol. The van der Waals surface area contributed by atoms with Gasteiger partial charge in [0.2, 0.25) is 0 Å². The minimum atomic E-state index is -0.168. The van der Waals surface area contributed by atoms with Crippen LogP contribution in [0.3, 0.4) is 0 Å². The second-order valence-electron chi connectivity index (χ2n) is 6.07. The Morgan fingerprint density at radius 2 is 2.12 bits per heavy atom. The van der Waals surface area contributed by atoms with Gasteiger partial charge in [-0.05, 0) is 43.0 Å². The maximum Gasteiger partial charge on any atom is 0.274 e. The summed E-state index contributed by atoms with van der Waals surface area (Å²) in [6, 6.07) is 11.2. The molecule has 126 valence electrons. The summed E-state index contributed by atoms with van der Waals surface area (Å²) in [6.07, 6.45) is 2.84. The van der Waals surface area contributed by atoms with Crippen LogP contribution in [0.1, 0.15) is 42.2 Å². The summed E-state index contributed by atoms with van der Waals surface area (Å²) in [7, 11) is 0. The van der Waals surface area contributed by atoms with Crippen molar-refractivity contribution in [3.8, 4) is 0 Å². The Bertz CT molecular complexity index is 799. The van der Waals surface area contributed by atoms with Gasteiger partial charge in [-0.2, -0.15) is 5.10 Å². The van der Waals surface area contributed by atoms with E-state index >= 15 is 0 Å². The van der Waals surface area contributed by atoms with Crippen LogP contribution in [0, 0.1) is 0 Å². The Balaban J connectivity index is 1.85. The minimum Gasteiger partial charge on any atom is -0.330 e. The smallest absolute Gasteiger partial charge is 0.274 e. The highest BCUT2D eigenvalue weighted by Gasteiger charge is 2.33. The molecule has 0 bridgehead atoms. The van der Waals surface area contributed by atoms with E-state index in [1.807, 2.05) is 36.1 Å². The van der Waals surface area contributed by atoms with Gasteiger partial charge in [0.15, 0.2) is 0 Å². The van der Waals surface area contributed by atoms with Gasteiger partial charge in [-0.1, -0.05) is 35.0 Å². The van der Waals surface area contributed by atoms with E-state index in [1.165, 1.54) is 16.8 Å². The molecule has 1 aliphatic rings. The zero-order chi connectivity index (χ0) is 17.1. The molecule has 0 aliphatic heterocycles. The normalized spacial score (nSPS) is 13.8. The third kappa shape index (κ3) is 3.93. The first-order chi connectivity index (χ1) is 11.6. The van der Waals surface area contributed by atoms with Gasteiger partial charge in [-0.25, -0.2) is 4.68 Å². The Hall–Kier alpha value is -1.95. The van der Waals surface area contributed by atoms with Crippen molar-refractivity contribution in [3.05, 3.63) is 62.5 Å². The summed E-state index contributed by atoms with van der Waals surface area (Å²) in [4.78, 5) is 26.6. The summed E-state index contributed by atoms with van der Waals surface area (Å²) >= 11 is 3.47. The average molecular weight is 390 g/mol. The first kappa shape index (κ1) is 16.9. The first-order valence-electron chi connectivity index (χ1n) is 8.22. The molecule has 1 amide bonds. The van der Waals surface area contributed by atoms with E-state index in [0.717, 1.165) is 29.3 Å². The van der Waals surface area contributed by atoms with Gasteiger partial charge in [0.25, 0.3) is 11.5 Å². The second-order valence-corrected chi connectivity index (χ2v) is 6.99. The van der Waals surface area contributed by atoms with E-state index in [-0.39, 0.29) is 17.5 Å². The molecule has 2 aromatic rings. The molecule has 0 N–H and O–H groups in total. The van der Waals surface area contributed by atoms with Crippen molar-refractivity contribution in [1.82, 2.24) is 14.7 Å². The highest BCUT2D eigenvalue weighted by molar-refractivity contribution is 9.10. The third-order valence-electron chi connectivity index (χ3n) is 4.01. The van der Waals surface area contributed by atoms with Crippen molar-refractivity contribution in [2.45, 2.75) is 45.3 Å². The van der Waals surface area contributed by atoms with Crippen molar-refractivity contribution in [2.75, 3.05) is 0 Å². The zero-order valence-corrected chi connectivity index (χ0v) is 15.2. The molecular weight excluding hydrogens is 370 g/mol. The second kappa shape index (κ2) is 7.30. The molecule has 6 heteroatoms. The molecule has 0 atom stereocenters. The number of carbonyl (C=O) groups is 1. The fraction of sp³-hybridized carbons (Fsp3) is 0.389. The molecule has 0 saturated heterocycles. The van der Waals surface area contributed by atoms with Crippen LogP contribution < -0.4 is 5.56 Å². The van der Waals surface area contributed by atoms with Gasteiger partial charge >= 0.3 is 0 Å². The number of halogens is 1. The standard InChI is InChI=1S/C18H20BrN3O2/c1-2-10-22-17(23)9-8-16(20-22)18(24)21(15-6-7-15)12-13-4-3-5-14(19)11-13/h3-5,8-9,11,15H,2,6-7,10,12H2,1H3. The maximum absolute atomic E-state index is 12.9. The highest BCUT2D eigenvalue weighted by Crippen LogP contribution is 2.29. The highest BCUT2D eigenvalue weighted by atomic mass is 79.9. The summed E-state index contributed by atoms with van der Waals surface area (Å²) in [6.45, 7) is 3.05. The van der Waals surface area contributed by atoms with Crippen LogP contribution in [0.5, 0.6) is 0 Å². The molecule has 1 aromatic heterocycles. The van der Waals surface area contributed by atoms with E-state index in [0.29, 0.717) is 18.8 Å². The van der Waals surface area contributed by atoms with Gasteiger partial charge in [-0.3, -0.25) is 9.59 Å². The van der Waals surface area contributed by atoms with Crippen molar-refractivity contribution < 1.29 is 4.79 Å². The Kier molecular flexibility index (Phi) is 5.14. The Morgan fingerprint density at radius 3 is 2.79 bits per heavy atom. The van der Waals surface area contributed by atoms with Crippen LogP contribution in [-0.4, -0.2) is 26.6 Å². The van der Waals surface area contributed by atoms with Gasteiger partial charge in [-0.15, -0.1) is 0 Å². The van der Waals surface area contributed by atoms with Crippen LogP contribution in [-0.2, 0) is 13.1 Å². The number of nitrogens with zero attached hydrogens (tertiary/aromatic N) is 3. The fourth-order valence-electron chi connectivity index (χ4n) is 2.67. The number of rotatable bonds is 6. The van der Waals surface area contributed by atoms with E-state index in [1.54, 1.807) is 0 Å². The van der Waals surface area contributed by atoms with Crippen molar-refractivity contribution in [3.63, 3.8) is 0 Å². The third-order valence-corrected chi connectivity index (χ3v) is 4.50. The van der Waals surface area contributed by atoms with Crippen molar-refractivity contribution >= 4 is 21.8 Å². The predicted octanol–water partition coefficient (Wildman–Crippen LogP) is 3.22. The molecule has 0 spiro atoms. The molecule has 24 heavy (non-hydrogen) atoms. The minimum absolute atomic E-state index is 0.109. The lowest BCUT2D eigenvalue weighted by atomic mass is 10.2. The van der Waals surface area contributed by atoms with Gasteiger partial charge in [0.05, 0.1) is 0 Å². The molecule has 3 rings (SSSR count). The summed E-state index contributed by atoms with van der Waals surface area (Å²) in [5.41, 5.74) is 1.25. The summed E-state index contributed by atoms with van der Waals surface area (Å²) < 4.78 is 2.37. The Labute approximate surface area is 149 Å². The Morgan fingerprint density at radius 1 is 1.33 bits per heavy atom. The van der Waals surface area contributed by atoms with Crippen molar-refractivity contribution in [2.24, 2.45) is 0 Å². The number of amides is 1. The van der Waals surface area contributed by atoms with Gasteiger partial charge in [0, 0.05) is 29.7 Å². The summed E-state index contributed by atoms with van der Waals surface area (Å²) in [5, 5.41) is 4.26. The van der Waals surface area contributed by atoms with Crippen LogP contribution >= 0.6 is 15.9 Å². The SMILES string of the molecule is CCCn1nc(C(=O)N(Cc2cccc(Br)c2)C2CC2)ccc1=O. The number of benzene rings is 1. The van der Waals surface area contributed by atoms with Gasteiger partial charge < -0.3 is 4.90 Å². The van der Waals surface area contributed by atoms with E-state index in [2.05, 4.69) is 21.0 Å². The molecule has 0 radical (unpaired) electrons. The topological polar surface area (TPSA) is 55.2 Å². The lowest BCUT2D eigenvalue weighted by molar-refractivity contribution is 0.0721. The van der Waals surface area contributed by atoms with Crippen LogP contribution in [0.25, 0.3) is 0 Å². The molecule has 1 saturated carbocycles. The van der Waals surface area contributed by atoms with E-state index in [9.17, 15) is 9.59 Å². The van der Waals surface area contributed by atoms with Gasteiger partial charge in [0.1, 0.15) is 5.69 Å². The van der Waals surface area contributed by atoms with E-state index < -0.39 is 0 Å². The lowest BCUT2D eigenvalue weighted by Gasteiger charge is -2.22.